The van der Waals surface area contributed by atoms with Crippen molar-refractivity contribution in [3.8, 4) is 0 Å². The van der Waals surface area contributed by atoms with Crippen LogP contribution in [0.2, 0.25) is 9.36 Å². The summed E-state index contributed by atoms with van der Waals surface area (Å²) in [6.07, 6.45) is 1.86. The maximum atomic E-state index is 6.32. The molecule has 0 aromatic carbocycles. The van der Waals surface area contributed by atoms with E-state index in [0.717, 1.165) is 35.4 Å². The first kappa shape index (κ1) is 15.6. The van der Waals surface area contributed by atoms with Crippen LogP contribution in [0, 0.1) is 0 Å². The lowest BCUT2D eigenvalue weighted by atomic mass is 10.2. The van der Waals surface area contributed by atoms with Gasteiger partial charge in [0.1, 0.15) is 5.82 Å². The van der Waals surface area contributed by atoms with Gasteiger partial charge in [0.15, 0.2) is 0 Å². The van der Waals surface area contributed by atoms with Gasteiger partial charge in [-0.3, -0.25) is 0 Å². The van der Waals surface area contributed by atoms with Crippen LogP contribution in [0.3, 0.4) is 0 Å². The minimum absolute atomic E-state index is 0.672. The van der Waals surface area contributed by atoms with Gasteiger partial charge in [0.2, 0.25) is 0 Å². The van der Waals surface area contributed by atoms with Gasteiger partial charge in [-0.1, -0.05) is 30.1 Å². The fourth-order valence-corrected chi connectivity index (χ4v) is 3.34. The smallest absolute Gasteiger partial charge is 0.147 e. The van der Waals surface area contributed by atoms with Gasteiger partial charge in [0.05, 0.1) is 15.9 Å². The second kappa shape index (κ2) is 7.27. The van der Waals surface area contributed by atoms with Crippen LogP contribution in [-0.4, -0.2) is 18.6 Å². The molecule has 2 rings (SSSR count). The summed E-state index contributed by atoms with van der Waals surface area (Å²) in [5, 5.41) is 3.93. The minimum Gasteiger partial charge on any atom is -0.353 e. The second-order valence-electron chi connectivity index (χ2n) is 4.49. The van der Waals surface area contributed by atoms with Crippen molar-refractivity contribution in [1.82, 2.24) is 10.3 Å². The minimum atomic E-state index is 0.672. The first-order valence-electron chi connectivity index (χ1n) is 6.40. The average Bonchev–Trinajstić information content (AvgIpc) is 2.81. The lowest BCUT2D eigenvalue weighted by Crippen LogP contribution is -2.18. The normalized spacial score (nSPS) is 10.8. The van der Waals surface area contributed by atoms with Gasteiger partial charge in [-0.2, -0.15) is 0 Å². The van der Waals surface area contributed by atoms with Gasteiger partial charge in [0.25, 0.3) is 0 Å². The number of nitrogens with zero attached hydrogens (tertiary/aromatic N) is 2. The van der Waals surface area contributed by atoms with E-state index < -0.39 is 0 Å². The standard InChI is InChI=1S/C14H17Cl2N3S/c1-3-17-7-10-6-12(15)14(18-8-10)19(2)9-11-4-5-13(16)20-11/h4-6,8,17H,3,7,9H2,1-2H3. The van der Waals surface area contributed by atoms with E-state index >= 15 is 0 Å². The maximum absolute atomic E-state index is 6.32. The fourth-order valence-electron chi connectivity index (χ4n) is 1.86. The Morgan fingerprint density at radius 2 is 2.15 bits per heavy atom. The highest BCUT2D eigenvalue weighted by Gasteiger charge is 2.10. The number of pyridine rings is 1. The van der Waals surface area contributed by atoms with Gasteiger partial charge >= 0.3 is 0 Å². The predicted molar refractivity (Wildman–Crippen MR) is 88.1 cm³/mol. The topological polar surface area (TPSA) is 28.2 Å². The molecule has 6 heteroatoms. The monoisotopic (exact) mass is 329 g/mol. The Kier molecular flexibility index (Phi) is 5.66. The number of aromatic nitrogens is 1. The highest BCUT2D eigenvalue weighted by molar-refractivity contribution is 7.16. The van der Waals surface area contributed by atoms with E-state index in [1.54, 1.807) is 11.3 Å². The van der Waals surface area contributed by atoms with Crippen LogP contribution in [0.25, 0.3) is 0 Å². The molecule has 108 valence electrons. The molecule has 0 unspecified atom stereocenters. The third-order valence-corrected chi connectivity index (χ3v) is 4.33. The lowest BCUT2D eigenvalue weighted by Gasteiger charge is -2.19. The molecule has 20 heavy (non-hydrogen) atoms. The SMILES string of the molecule is CCNCc1cnc(N(C)Cc2ccc(Cl)s2)c(Cl)c1. The Labute approximate surface area is 133 Å². The Bertz CT molecular complexity index is 571. The van der Waals surface area contributed by atoms with Gasteiger partial charge < -0.3 is 10.2 Å². The van der Waals surface area contributed by atoms with Crippen molar-refractivity contribution in [3.05, 3.63) is 44.2 Å². The molecule has 2 aromatic heterocycles. The number of hydrogen-bond acceptors (Lipinski definition) is 4. The summed E-state index contributed by atoms with van der Waals surface area (Å²) >= 11 is 13.8. The second-order valence-corrected chi connectivity index (χ2v) is 6.70. The van der Waals surface area contributed by atoms with Crippen LogP contribution in [0.15, 0.2) is 24.4 Å². The molecule has 0 saturated heterocycles. The first-order chi connectivity index (χ1) is 9.60. The Morgan fingerprint density at radius 1 is 1.35 bits per heavy atom. The van der Waals surface area contributed by atoms with Crippen LogP contribution < -0.4 is 10.2 Å². The number of anilines is 1. The van der Waals surface area contributed by atoms with E-state index in [9.17, 15) is 0 Å². The molecular weight excluding hydrogens is 313 g/mol. The van der Waals surface area contributed by atoms with Crippen LogP contribution >= 0.6 is 34.5 Å². The molecule has 0 aliphatic carbocycles. The van der Waals surface area contributed by atoms with Gasteiger partial charge in [-0.05, 0) is 30.3 Å². The summed E-state index contributed by atoms with van der Waals surface area (Å²) in [4.78, 5) is 7.68. The van der Waals surface area contributed by atoms with Crippen molar-refractivity contribution >= 4 is 40.4 Å². The van der Waals surface area contributed by atoms with Gasteiger partial charge in [0, 0.05) is 24.7 Å². The molecule has 0 radical (unpaired) electrons. The number of thiophene rings is 1. The summed E-state index contributed by atoms with van der Waals surface area (Å²) in [7, 11) is 1.98. The Balaban J connectivity index is 2.07. The largest absolute Gasteiger partial charge is 0.353 e. The molecule has 1 N–H and O–H groups in total. The summed E-state index contributed by atoms with van der Waals surface area (Å²) < 4.78 is 0.799. The van der Waals surface area contributed by atoms with Crippen molar-refractivity contribution < 1.29 is 0 Å². The first-order valence-corrected chi connectivity index (χ1v) is 7.98. The zero-order valence-corrected chi connectivity index (χ0v) is 13.8. The molecule has 0 atom stereocenters. The molecule has 0 aliphatic heterocycles. The zero-order valence-electron chi connectivity index (χ0n) is 11.5. The predicted octanol–water partition coefficient (Wildman–Crippen LogP) is 4.20. The number of halogens is 2. The van der Waals surface area contributed by atoms with Crippen LogP contribution in [0.5, 0.6) is 0 Å². The summed E-state index contributed by atoms with van der Waals surface area (Å²) in [6, 6.07) is 5.89. The lowest BCUT2D eigenvalue weighted by molar-refractivity contribution is 0.724. The number of nitrogens with one attached hydrogen (secondary N) is 1. The van der Waals surface area contributed by atoms with E-state index in [2.05, 4.69) is 17.2 Å². The molecule has 0 aliphatic rings. The molecular formula is C14H17Cl2N3S. The summed E-state index contributed by atoms with van der Waals surface area (Å²) in [5.74, 6) is 0.788. The molecule has 2 heterocycles. The number of rotatable bonds is 6. The van der Waals surface area contributed by atoms with Crippen molar-refractivity contribution in [2.24, 2.45) is 0 Å². The van der Waals surface area contributed by atoms with Crippen LogP contribution in [-0.2, 0) is 13.1 Å². The van der Waals surface area contributed by atoms with Crippen molar-refractivity contribution in [2.75, 3.05) is 18.5 Å². The van der Waals surface area contributed by atoms with Crippen LogP contribution in [0.4, 0.5) is 5.82 Å². The molecule has 0 fully saturated rings. The Hall–Kier alpha value is -0.810. The quantitative estimate of drug-likeness (QED) is 0.860. The number of hydrogen-bond donors (Lipinski definition) is 1. The zero-order chi connectivity index (χ0) is 14.5. The van der Waals surface area contributed by atoms with E-state index in [1.165, 1.54) is 4.88 Å². The van der Waals surface area contributed by atoms with Crippen molar-refractivity contribution in [2.45, 2.75) is 20.0 Å². The molecule has 0 saturated carbocycles. The third kappa shape index (κ3) is 4.09. The van der Waals surface area contributed by atoms with Gasteiger partial charge in [-0.25, -0.2) is 4.98 Å². The van der Waals surface area contributed by atoms with E-state index in [4.69, 9.17) is 23.2 Å². The molecule has 0 bridgehead atoms. The highest BCUT2D eigenvalue weighted by Crippen LogP contribution is 2.27. The molecule has 0 amide bonds. The fraction of sp³-hybridized carbons (Fsp3) is 0.357. The van der Waals surface area contributed by atoms with Crippen molar-refractivity contribution in [1.29, 1.82) is 0 Å². The molecule has 2 aromatic rings. The van der Waals surface area contributed by atoms with Gasteiger partial charge in [-0.15, -0.1) is 11.3 Å². The average molecular weight is 330 g/mol. The molecule has 3 nitrogen and oxygen atoms in total. The maximum Gasteiger partial charge on any atom is 0.147 e. The van der Waals surface area contributed by atoms with E-state index in [-0.39, 0.29) is 0 Å². The van der Waals surface area contributed by atoms with Crippen LogP contribution in [0.1, 0.15) is 17.4 Å². The third-order valence-electron chi connectivity index (χ3n) is 2.84. The Morgan fingerprint density at radius 3 is 2.75 bits per heavy atom. The molecule has 0 spiro atoms. The van der Waals surface area contributed by atoms with E-state index in [1.807, 2.05) is 36.3 Å². The summed E-state index contributed by atoms with van der Waals surface area (Å²) in [6.45, 7) is 4.53. The van der Waals surface area contributed by atoms with E-state index in [0.29, 0.717) is 5.02 Å². The summed E-state index contributed by atoms with van der Waals surface area (Å²) in [5.41, 5.74) is 1.09. The highest BCUT2D eigenvalue weighted by atomic mass is 35.5. The van der Waals surface area contributed by atoms with Crippen molar-refractivity contribution in [3.63, 3.8) is 0 Å².